The van der Waals surface area contributed by atoms with Crippen molar-refractivity contribution in [2.75, 3.05) is 18.4 Å². The summed E-state index contributed by atoms with van der Waals surface area (Å²) in [5, 5.41) is 8.03. The van der Waals surface area contributed by atoms with Crippen molar-refractivity contribution in [2.45, 2.75) is 27.2 Å². The van der Waals surface area contributed by atoms with Gasteiger partial charge in [-0.05, 0) is 45.9 Å². The van der Waals surface area contributed by atoms with Gasteiger partial charge in [-0.25, -0.2) is 4.68 Å². The van der Waals surface area contributed by atoms with Gasteiger partial charge in [0.25, 0.3) is 0 Å². The van der Waals surface area contributed by atoms with Crippen LogP contribution in [0.15, 0.2) is 24.3 Å². The van der Waals surface area contributed by atoms with Crippen LogP contribution in [0.25, 0.3) is 5.69 Å². The summed E-state index contributed by atoms with van der Waals surface area (Å²) in [6.45, 7) is 7.80. The van der Waals surface area contributed by atoms with Crippen LogP contribution in [0, 0.1) is 20.8 Å². The zero-order valence-electron chi connectivity index (χ0n) is 11.9. The minimum atomic E-state index is 0.706. The van der Waals surface area contributed by atoms with Crippen molar-refractivity contribution in [2.24, 2.45) is 5.73 Å². The highest BCUT2D eigenvalue weighted by atomic mass is 15.3. The zero-order valence-corrected chi connectivity index (χ0v) is 11.9. The molecule has 0 aliphatic heterocycles. The summed E-state index contributed by atoms with van der Waals surface area (Å²) < 4.78 is 1.99. The maximum atomic E-state index is 5.52. The molecule has 1 heterocycles. The van der Waals surface area contributed by atoms with Gasteiger partial charge >= 0.3 is 0 Å². The molecule has 2 aromatic rings. The van der Waals surface area contributed by atoms with Crippen molar-refractivity contribution < 1.29 is 0 Å². The number of nitrogens with zero attached hydrogens (tertiary/aromatic N) is 2. The minimum Gasteiger partial charge on any atom is -0.382 e. The molecule has 0 radical (unpaired) electrons. The fourth-order valence-corrected chi connectivity index (χ4v) is 2.15. The van der Waals surface area contributed by atoms with E-state index in [2.05, 4.69) is 48.5 Å². The van der Waals surface area contributed by atoms with Crippen molar-refractivity contribution >= 4 is 5.69 Å². The van der Waals surface area contributed by atoms with Gasteiger partial charge in [0.2, 0.25) is 0 Å². The van der Waals surface area contributed by atoms with Crippen molar-refractivity contribution in [3.05, 3.63) is 41.2 Å². The van der Waals surface area contributed by atoms with Crippen molar-refractivity contribution in [1.82, 2.24) is 9.78 Å². The summed E-state index contributed by atoms with van der Waals surface area (Å²) in [4.78, 5) is 0. The third-order valence-corrected chi connectivity index (χ3v) is 3.25. The molecule has 102 valence electrons. The summed E-state index contributed by atoms with van der Waals surface area (Å²) in [5.74, 6) is 0. The fourth-order valence-electron chi connectivity index (χ4n) is 2.15. The quantitative estimate of drug-likeness (QED) is 0.810. The fraction of sp³-hybridized carbons (Fsp3) is 0.400. The Morgan fingerprint density at radius 2 is 1.84 bits per heavy atom. The number of benzene rings is 1. The number of rotatable bonds is 5. The minimum absolute atomic E-state index is 0.706. The number of anilines is 1. The first-order valence-corrected chi connectivity index (χ1v) is 6.70. The van der Waals surface area contributed by atoms with E-state index in [1.807, 2.05) is 11.6 Å². The van der Waals surface area contributed by atoms with Gasteiger partial charge in [-0.15, -0.1) is 0 Å². The maximum Gasteiger partial charge on any atom is 0.0832 e. The standard InChI is InChI=1S/C15H22N4/c1-11-5-7-14(8-6-11)19-13(3)15(12(2)18-19)17-10-4-9-16/h5-8,17H,4,9-10,16H2,1-3H3. The Hall–Kier alpha value is -1.81. The second-order valence-corrected chi connectivity index (χ2v) is 4.86. The third-order valence-electron chi connectivity index (χ3n) is 3.25. The first-order chi connectivity index (χ1) is 9.13. The van der Waals surface area contributed by atoms with Gasteiger partial charge in [0.05, 0.1) is 22.8 Å². The molecule has 0 bridgehead atoms. The van der Waals surface area contributed by atoms with Gasteiger partial charge in [-0.3, -0.25) is 0 Å². The maximum absolute atomic E-state index is 5.52. The van der Waals surface area contributed by atoms with E-state index >= 15 is 0 Å². The smallest absolute Gasteiger partial charge is 0.0832 e. The molecule has 4 nitrogen and oxygen atoms in total. The van der Waals surface area contributed by atoms with Crippen molar-refractivity contribution in [1.29, 1.82) is 0 Å². The molecule has 0 saturated heterocycles. The predicted molar refractivity (Wildman–Crippen MR) is 79.9 cm³/mol. The molecule has 0 unspecified atom stereocenters. The molecule has 0 saturated carbocycles. The Kier molecular flexibility index (Phi) is 4.22. The topological polar surface area (TPSA) is 55.9 Å². The van der Waals surface area contributed by atoms with Crippen molar-refractivity contribution in [3.63, 3.8) is 0 Å². The Labute approximate surface area is 114 Å². The lowest BCUT2D eigenvalue weighted by Crippen LogP contribution is -2.09. The van der Waals surface area contributed by atoms with E-state index in [1.165, 1.54) is 5.56 Å². The van der Waals surface area contributed by atoms with Crippen LogP contribution >= 0.6 is 0 Å². The zero-order chi connectivity index (χ0) is 13.8. The monoisotopic (exact) mass is 258 g/mol. The lowest BCUT2D eigenvalue weighted by Gasteiger charge is -2.07. The summed E-state index contributed by atoms with van der Waals surface area (Å²) in [6.07, 6.45) is 0.967. The second-order valence-electron chi connectivity index (χ2n) is 4.86. The van der Waals surface area contributed by atoms with Gasteiger partial charge in [0.15, 0.2) is 0 Å². The van der Waals surface area contributed by atoms with E-state index in [-0.39, 0.29) is 0 Å². The third kappa shape index (κ3) is 2.96. The molecular weight excluding hydrogens is 236 g/mol. The number of aryl methyl sites for hydroxylation is 2. The van der Waals surface area contributed by atoms with Crippen LogP contribution in [0.5, 0.6) is 0 Å². The average molecular weight is 258 g/mol. The molecule has 19 heavy (non-hydrogen) atoms. The average Bonchev–Trinajstić information content (AvgIpc) is 2.68. The van der Waals surface area contributed by atoms with E-state index in [0.29, 0.717) is 6.54 Å². The number of hydrogen-bond acceptors (Lipinski definition) is 3. The van der Waals surface area contributed by atoms with Gasteiger partial charge in [0.1, 0.15) is 0 Å². The van der Waals surface area contributed by atoms with Crippen molar-refractivity contribution in [3.8, 4) is 5.69 Å². The molecule has 2 rings (SSSR count). The summed E-state index contributed by atoms with van der Waals surface area (Å²) in [7, 11) is 0. The van der Waals surface area contributed by atoms with Crippen LogP contribution in [-0.2, 0) is 0 Å². The molecule has 3 N–H and O–H groups in total. The number of aromatic nitrogens is 2. The van der Waals surface area contributed by atoms with Gasteiger partial charge in [-0.1, -0.05) is 17.7 Å². The largest absolute Gasteiger partial charge is 0.382 e. The van der Waals surface area contributed by atoms with E-state index in [4.69, 9.17) is 5.73 Å². The van der Waals surface area contributed by atoms with E-state index in [9.17, 15) is 0 Å². The molecule has 0 aliphatic rings. The van der Waals surface area contributed by atoms with Crippen LogP contribution in [0.4, 0.5) is 5.69 Å². The molecule has 0 aliphatic carbocycles. The molecule has 1 aromatic heterocycles. The highest BCUT2D eigenvalue weighted by molar-refractivity contribution is 5.54. The molecule has 0 atom stereocenters. The highest BCUT2D eigenvalue weighted by Crippen LogP contribution is 2.22. The van der Waals surface area contributed by atoms with E-state index < -0.39 is 0 Å². The molecule has 1 aromatic carbocycles. The lowest BCUT2D eigenvalue weighted by atomic mass is 10.2. The molecule has 0 fully saturated rings. The Bertz CT molecular complexity index is 540. The molecule has 4 heteroatoms. The Morgan fingerprint density at radius 1 is 1.16 bits per heavy atom. The summed E-state index contributed by atoms with van der Waals surface area (Å²) >= 11 is 0. The summed E-state index contributed by atoms with van der Waals surface area (Å²) in [6, 6.07) is 8.40. The van der Waals surface area contributed by atoms with Crippen LogP contribution < -0.4 is 11.1 Å². The first kappa shape index (κ1) is 13.6. The predicted octanol–water partition coefficient (Wildman–Crippen LogP) is 2.56. The highest BCUT2D eigenvalue weighted by Gasteiger charge is 2.11. The van der Waals surface area contributed by atoms with Gasteiger partial charge in [0, 0.05) is 6.54 Å². The van der Waals surface area contributed by atoms with E-state index in [0.717, 1.165) is 35.7 Å². The van der Waals surface area contributed by atoms with Crippen LogP contribution in [0.3, 0.4) is 0 Å². The lowest BCUT2D eigenvalue weighted by molar-refractivity contribution is 0.833. The number of nitrogens with one attached hydrogen (secondary N) is 1. The normalized spacial score (nSPS) is 10.7. The van der Waals surface area contributed by atoms with Crippen LogP contribution in [0.2, 0.25) is 0 Å². The molecule has 0 spiro atoms. The Balaban J connectivity index is 2.27. The Morgan fingerprint density at radius 3 is 2.47 bits per heavy atom. The van der Waals surface area contributed by atoms with Crippen LogP contribution in [0.1, 0.15) is 23.4 Å². The van der Waals surface area contributed by atoms with E-state index in [1.54, 1.807) is 0 Å². The molecule has 0 amide bonds. The summed E-state index contributed by atoms with van der Waals surface area (Å²) in [5.41, 5.74) is 11.1. The van der Waals surface area contributed by atoms with Gasteiger partial charge < -0.3 is 11.1 Å². The SMILES string of the molecule is Cc1ccc(-n2nc(C)c(NCCCN)c2C)cc1. The first-order valence-electron chi connectivity index (χ1n) is 6.70. The molecular formula is C15H22N4. The number of nitrogens with two attached hydrogens (primary N) is 1. The van der Waals surface area contributed by atoms with Crippen LogP contribution in [-0.4, -0.2) is 22.9 Å². The number of hydrogen-bond donors (Lipinski definition) is 2. The van der Waals surface area contributed by atoms with Gasteiger partial charge in [-0.2, -0.15) is 5.10 Å². The second kappa shape index (κ2) is 5.89.